The minimum atomic E-state index is -1.17. The van der Waals surface area contributed by atoms with Crippen molar-refractivity contribution in [2.75, 3.05) is 0 Å². The zero-order valence-electron chi connectivity index (χ0n) is 6.99. The largest absolute Gasteiger partial charge is 0.507 e. The van der Waals surface area contributed by atoms with Gasteiger partial charge in [0.2, 0.25) is 0 Å². The molecule has 0 unspecified atom stereocenters. The van der Waals surface area contributed by atoms with Crippen molar-refractivity contribution >= 4 is 17.6 Å². The summed E-state index contributed by atoms with van der Waals surface area (Å²) in [6.07, 6.45) is 0. The third kappa shape index (κ3) is 1.63. The van der Waals surface area contributed by atoms with Gasteiger partial charge < -0.3 is 10.2 Å². The summed E-state index contributed by atoms with van der Waals surface area (Å²) < 4.78 is 0. The number of hydrogen-bond acceptors (Lipinski definition) is 3. The van der Waals surface area contributed by atoms with E-state index in [1.807, 2.05) is 0 Å². The molecule has 2 N–H and O–H groups in total. The summed E-state index contributed by atoms with van der Waals surface area (Å²) in [6.45, 7) is 0. The number of phenols is 1. The Kier molecular flexibility index (Phi) is 2.95. The Morgan fingerprint density at radius 2 is 2.21 bits per heavy atom. The van der Waals surface area contributed by atoms with E-state index in [1.165, 1.54) is 6.07 Å². The van der Waals surface area contributed by atoms with Gasteiger partial charge in [0, 0.05) is 11.4 Å². The number of aromatic carboxylic acids is 1. The Bertz CT molecular complexity index is 423. The Balaban J connectivity index is 3.50. The number of nitriles is 1. The van der Waals surface area contributed by atoms with Crippen LogP contribution >= 0.6 is 11.6 Å². The van der Waals surface area contributed by atoms with Crippen LogP contribution in [0, 0.1) is 11.3 Å². The predicted octanol–water partition coefficient (Wildman–Crippen LogP) is 1.70. The molecule has 0 spiro atoms. The van der Waals surface area contributed by atoms with Crippen LogP contribution in [-0.4, -0.2) is 16.2 Å². The van der Waals surface area contributed by atoms with Gasteiger partial charge in [-0.05, 0) is 12.1 Å². The third-order valence-electron chi connectivity index (χ3n) is 1.77. The summed E-state index contributed by atoms with van der Waals surface area (Å²) in [5.41, 5.74) is -0.00378. The number of nitrogens with zero attached hydrogens (tertiary/aromatic N) is 1. The topological polar surface area (TPSA) is 81.3 Å². The van der Waals surface area contributed by atoms with Crippen LogP contribution in [0.25, 0.3) is 0 Å². The van der Waals surface area contributed by atoms with Crippen LogP contribution < -0.4 is 0 Å². The summed E-state index contributed by atoms with van der Waals surface area (Å²) in [5, 5.41) is 26.7. The Morgan fingerprint density at radius 3 is 2.64 bits per heavy atom. The van der Waals surface area contributed by atoms with Gasteiger partial charge >= 0.3 is 5.97 Å². The van der Waals surface area contributed by atoms with E-state index in [0.717, 1.165) is 6.07 Å². The second kappa shape index (κ2) is 3.99. The monoisotopic (exact) mass is 211 g/mol. The van der Waals surface area contributed by atoms with Crippen molar-refractivity contribution < 1.29 is 15.0 Å². The number of carbonyl (C=O) groups is 1. The van der Waals surface area contributed by atoms with Gasteiger partial charge in [0.25, 0.3) is 0 Å². The van der Waals surface area contributed by atoms with E-state index in [0.29, 0.717) is 0 Å². The van der Waals surface area contributed by atoms with Gasteiger partial charge in [0.15, 0.2) is 0 Å². The third-order valence-corrected chi connectivity index (χ3v) is 2.03. The summed E-state index contributed by atoms with van der Waals surface area (Å²) >= 11 is 5.51. The highest BCUT2D eigenvalue weighted by Gasteiger charge is 2.16. The number of carboxylic acids is 1. The lowest BCUT2D eigenvalue weighted by Crippen LogP contribution is -2.03. The fraction of sp³-hybridized carbons (Fsp3) is 0.111. The molecule has 0 atom stereocenters. The molecule has 0 aromatic heterocycles. The van der Waals surface area contributed by atoms with Gasteiger partial charge in [-0.1, -0.05) is 0 Å². The Labute approximate surface area is 85.0 Å². The SMILES string of the molecule is N#Cc1c(O)ccc(C(=O)O)c1CCl. The van der Waals surface area contributed by atoms with E-state index >= 15 is 0 Å². The van der Waals surface area contributed by atoms with E-state index in [1.54, 1.807) is 6.07 Å². The molecule has 0 radical (unpaired) electrons. The van der Waals surface area contributed by atoms with Crippen LogP contribution in [-0.2, 0) is 5.88 Å². The quantitative estimate of drug-likeness (QED) is 0.730. The van der Waals surface area contributed by atoms with Crippen LogP contribution in [0.5, 0.6) is 5.75 Å². The molecule has 0 saturated heterocycles. The first-order chi connectivity index (χ1) is 6.61. The first-order valence-corrected chi connectivity index (χ1v) is 4.19. The summed E-state index contributed by atoms with van der Waals surface area (Å²) in [5.74, 6) is -1.55. The summed E-state index contributed by atoms with van der Waals surface area (Å²) in [6, 6.07) is 4.10. The number of hydrogen-bond donors (Lipinski definition) is 2. The number of phenolic OH excluding ortho intramolecular Hbond substituents is 1. The van der Waals surface area contributed by atoms with Gasteiger partial charge in [-0.3, -0.25) is 0 Å². The van der Waals surface area contributed by atoms with Crippen molar-refractivity contribution in [3.05, 3.63) is 28.8 Å². The second-order valence-corrected chi connectivity index (χ2v) is 2.80. The molecule has 1 aromatic carbocycles. The molecule has 0 aliphatic heterocycles. The Hall–Kier alpha value is -1.73. The number of rotatable bonds is 2. The number of carboxylic acid groups (broad SMARTS) is 1. The zero-order chi connectivity index (χ0) is 10.7. The fourth-order valence-corrected chi connectivity index (χ4v) is 1.38. The maximum Gasteiger partial charge on any atom is 0.336 e. The maximum absolute atomic E-state index is 10.7. The number of aromatic hydroxyl groups is 1. The zero-order valence-corrected chi connectivity index (χ0v) is 7.75. The molecule has 4 nitrogen and oxygen atoms in total. The van der Waals surface area contributed by atoms with Crippen LogP contribution in [0.1, 0.15) is 21.5 Å². The van der Waals surface area contributed by atoms with Crippen molar-refractivity contribution in [3.63, 3.8) is 0 Å². The van der Waals surface area contributed by atoms with Crippen LogP contribution in [0.3, 0.4) is 0 Å². The molecule has 0 bridgehead atoms. The summed E-state index contributed by atoms with van der Waals surface area (Å²) in [4.78, 5) is 10.7. The molecule has 0 saturated carbocycles. The van der Waals surface area contributed by atoms with E-state index < -0.39 is 5.97 Å². The standard InChI is InChI=1S/C9H6ClNO3/c10-3-6-5(9(13)14)1-2-8(12)7(6)4-11/h1-2,12H,3H2,(H,13,14). The van der Waals surface area contributed by atoms with Crippen LogP contribution in [0.2, 0.25) is 0 Å². The van der Waals surface area contributed by atoms with E-state index in [9.17, 15) is 9.90 Å². The predicted molar refractivity (Wildman–Crippen MR) is 49.3 cm³/mol. The molecule has 1 aromatic rings. The van der Waals surface area contributed by atoms with Crippen LogP contribution in [0.4, 0.5) is 0 Å². The lowest BCUT2D eigenvalue weighted by Gasteiger charge is -2.05. The van der Waals surface area contributed by atoms with Gasteiger partial charge in [-0.2, -0.15) is 5.26 Å². The minimum absolute atomic E-state index is 0.0608. The average Bonchev–Trinajstić information content (AvgIpc) is 2.16. The molecular weight excluding hydrogens is 206 g/mol. The van der Waals surface area contributed by atoms with Crippen LogP contribution in [0.15, 0.2) is 12.1 Å². The molecular formula is C9H6ClNO3. The highest BCUT2D eigenvalue weighted by Crippen LogP contribution is 2.25. The molecule has 0 aliphatic rings. The van der Waals surface area contributed by atoms with E-state index in [2.05, 4.69) is 0 Å². The number of halogens is 1. The highest BCUT2D eigenvalue weighted by atomic mass is 35.5. The smallest absolute Gasteiger partial charge is 0.336 e. The van der Waals surface area contributed by atoms with Crippen molar-refractivity contribution in [3.8, 4) is 11.8 Å². The van der Waals surface area contributed by atoms with E-state index in [4.69, 9.17) is 22.0 Å². The molecule has 1 rings (SSSR count). The molecule has 72 valence electrons. The van der Waals surface area contributed by atoms with E-state index in [-0.39, 0.29) is 28.3 Å². The van der Waals surface area contributed by atoms with Gasteiger partial charge in [-0.25, -0.2) is 4.79 Å². The van der Waals surface area contributed by atoms with Crippen molar-refractivity contribution in [2.45, 2.75) is 5.88 Å². The molecule has 0 aliphatic carbocycles. The number of benzene rings is 1. The molecule has 0 amide bonds. The lowest BCUT2D eigenvalue weighted by atomic mass is 10.0. The van der Waals surface area contributed by atoms with Gasteiger partial charge in [0.1, 0.15) is 11.8 Å². The molecule has 14 heavy (non-hydrogen) atoms. The molecule has 5 heteroatoms. The first kappa shape index (κ1) is 10.4. The van der Waals surface area contributed by atoms with Gasteiger partial charge in [0.05, 0.1) is 11.1 Å². The van der Waals surface area contributed by atoms with Crippen molar-refractivity contribution in [1.82, 2.24) is 0 Å². The fourth-order valence-electron chi connectivity index (χ4n) is 1.10. The first-order valence-electron chi connectivity index (χ1n) is 3.66. The Morgan fingerprint density at radius 1 is 1.57 bits per heavy atom. The maximum atomic E-state index is 10.7. The highest BCUT2D eigenvalue weighted by molar-refractivity contribution is 6.18. The van der Waals surface area contributed by atoms with Crippen molar-refractivity contribution in [2.24, 2.45) is 0 Å². The minimum Gasteiger partial charge on any atom is -0.507 e. The van der Waals surface area contributed by atoms with Gasteiger partial charge in [-0.15, -0.1) is 11.6 Å². The second-order valence-electron chi connectivity index (χ2n) is 2.54. The summed E-state index contributed by atoms with van der Waals surface area (Å²) in [7, 11) is 0. The number of alkyl halides is 1. The normalized spacial score (nSPS) is 9.43. The van der Waals surface area contributed by atoms with Crippen molar-refractivity contribution in [1.29, 1.82) is 5.26 Å². The molecule has 0 heterocycles. The lowest BCUT2D eigenvalue weighted by molar-refractivity contribution is 0.0696. The average molecular weight is 212 g/mol. The molecule has 0 fully saturated rings.